The average Bonchev–Trinajstić information content (AvgIpc) is 2.38. The summed E-state index contributed by atoms with van der Waals surface area (Å²) in [5.41, 5.74) is 0.969. The number of aromatic nitrogens is 4. The van der Waals surface area contributed by atoms with Gasteiger partial charge in [-0.1, -0.05) is 11.8 Å². The van der Waals surface area contributed by atoms with Crippen LogP contribution in [-0.2, 0) is 19.8 Å². The van der Waals surface area contributed by atoms with Gasteiger partial charge in [-0.05, 0) is 19.9 Å². The highest BCUT2D eigenvalue weighted by Gasteiger charge is 2.07. The number of hydrogen-bond acceptors (Lipinski definition) is 5. The highest BCUT2D eigenvalue weighted by molar-refractivity contribution is 7.98. The van der Waals surface area contributed by atoms with Crippen LogP contribution in [0.25, 0.3) is 0 Å². The lowest BCUT2D eigenvalue weighted by Crippen LogP contribution is -2.37. The van der Waals surface area contributed by atoms with Crippen LogP contribution in [0.2, 0.25) is 0 Å². The molecular weight excluding hydrogens is 276 g/mol. The van der Waals surface area contributed by atoms with Crippen molar-refractivity contribution >= 4 is 11.8 Å². The second kappa shape index (κ2) is 5.62. The lowest BCUT2D eigenvalue weighted by atomic mass is 10.4. The van der Waals surface area contributed by atoms with Crippen LogP contribution >= 0.6 is 11.8 Å². The molecule has 2 aromatic rings. The maximum atomic E-state index is 11.8. The Morgan fingerprint density at radius 2 is 1.80 bits per heavy atom. The smallest absolute Gasteiger partial charge is 0.300 e. The molecule has 2 heterocycles. The summed E-state index contributed by atoms with van der Waals surface area (Å²) in [6, 6.07) is 3.37. The molecule has 0 saturated carbocycles. The second-order valence-corrected chi connectivity index (χ2v) is 5.55. The van der Waals surface area contributed by atoms with Crippen LogP contribution in [0.5, 0.6) is 0 Å². The summed E-state index contributed by atoms with van der Waals surface area (Å²) in [6.45, 7) is 3.75. The number of hydrogen-bond donors (Lipinski definition) is 0. The van der Waals surface area contributed by atoms with Gasteiger partial charge in [0, 0.05) is 37.3 Å². The topological polar surface area (TPSA) is 69.8 Å². The minimum atomic E-state index is -0.317. The van der Waals surface area contributed by atoms with E-state index >= 15 is 0 Å². The molecule has 106 valence electrons. The maximum Gasteiger partial charge on any atom is 0.330 e. The molecule has 7 heteroatoms. The Morgan fingerprint density at radius 3 is 2.45 bits per heavy atom. The van der Waals surface area contributed by atoms with E-state index in [9.17, 15) is 9.59 Å². The summed E-state index contributed by atoms with van der Waals surface area (Å²) in [5.74, 6) is 1.22. The van der Waals surface area contributed by atoms with Crippen molar-refractivity contribution in [3.8, 4) is 0 Å². The van der Waals surface area contributed by atoms with Crippen LogP contribution in [0.4, 0.5) is 0 Å². The van der Waals surface area contributed by atoms with E-state index < -0.39 is 0 Å². The van der Waals surface area contributed by atoms with Crippen molar-refractivity contribution in [3.63, 3.8) is 0 Å². The van der Waals surface area contributed by atoms with Gasteiger partial charge in [-0.25, -0.2) is 14.8 Å². The van der Waals surface area contributed by atoms with Gasteiger partial charge in [-0.2, -0.15) is 0 Å². The molecule has 0 aliphatic rings. The van der Waals surface area contributed by atoms with Gasteiger partial charge in [0.25, 0.3) is 5.56 Å². The zero-order chi connectivity index (χ0) is 14.9. The fourth-order valence-electron chi connectivity index (χ4n) is 1.82. The highest BCUT2D eigenvalue weighted by Crippen LogP contribution is 2.20. The number of rotatable bonds is 3. The van der Waals surface area contributed by atoms with Gasteiger partial charge in [-0.15, -0.1) is 0 Å². The predicted molar refractivity (Wildman–Crippen MR) is 78.0 cm³/mol. The van der Waals surface area contributed by atoms with Gasteiger partial charge < -0.3 is 0 Å². The third-order valence-electron chi connectivity index (χ3n) is 2.94. The van der Waals surface area contributed by atoms with E-state index in [0.717, 1.165) is 15.3 Å². The molecule has 0 aliphatic carbocycles. The molecule has 0 aromatic carbocycles. The molecule has 0 fully saturated rings. The molecule has 0 bridgehead atoms. The summed E-state index contributed by atoms with van der Waals surface area (Å²) in [5, 5.41) is 0.836. The Hall–Kier alpha value is -1.89. The van der Waals surface area contributed by atoms with Gasteiger partial charge >= 0.3 is 5.69 Å². The van der Waals surface area contributed by atoms with Crippen LogP contribution in [-0.4, -0.2) is 19.1 Å². The number of aryl methyl sites for hydroxylation is 2. The molecule has 2 rings (SSSR count). The third-order valence-corrected chi connectivity index (χ3v) is 3.88. The first kappa shape index (κ1) is 14.5. The summed E-state index contributed by atoms with van der Waals surface area (Å²) >= 11 is 1.48. The standard InChI is InChI=1S/C13H16N4O2S/c1-8-5-11(15-9(2)14-8)20-7-10-6-12(18)17(4)13(19)16(10)3/h5-6H,7H2,1-4H3. The molecule has 0 amide bonds. The van der Waals surface area contributed by atoms with Crippen molar-refractivity contribution < 1.29 is 0 Å². The SMILES string of the molecule is Cc1cc(SCc2cc(=O)n(C)c(=O)n2C)nc(C)n1. The van der Waals surface area contributed by atoms with E-state index in [-0.39, 0.29) is 11.2 Å². The predicted octanol–water partition coefficient (Wildman–Crippen LogP) is 0.783. The highest BCUT2D eigenvalue weighted by atomic mass is 32.2. The van der Waals surface area contributed by atoms with Gasteiger partial charge in [-0.3, -0.25) is 13.9 Å². The monoisotopic (exact) mass is 292 g/mol. The first-order chi connectivity index (χ1) is 9.38. The molecule has 20 heavy (non-hydrogen) atoms. The van der Waals surface area contributed by atoms with Crippen LogP contribution < -0.4 is 11.2 Å². The van der Waals surface area contributed by atoms with Crippen molar-refractivity contribution in [2.24, 2.45) is 14.1 Å². The van der Waals surface area contributed by atoms with Gasteiger partial charge in [0.1, 0.15) is 10.9 Å². The largest absolute Gasteiger partial charge is 0.330 e. The summed E-state index contributed by atoms with van der Waals surface area (Å²) in [7, 11) is 3.13. The number of thioether (sulfide) groups is 1. The van der Waals surface area contributed by atoms with E-state index in [1.807, 2.05) is 19.9 Å². The summed E-state index contributed by atoms with van der Waals surface area (Å²) in [4.78, 5) is 32.0. The van der Waals surface area contributed by atoms with E-state index in [2.05, 4.69) is 9.97 Å². The van der Waals surface area contributed by atoms with Crippen LogP contribution in [0.1, 0.15) is 17.2 Å². The van der Waals surface area contributed by atoms with E-state index in [1.54, 1.807) is 7.05 Å². The molecular formula is C13H16N4O2S. The Balaban J connectivity index is 2.28. The maximum absolute atomic E-state index is 11.8. The minimum absolute atomic E-state index is 0.293. The zero-order valence-electron chi connectivity index (χ0n) is 11.9. The Morgan fingerprint density at radius 1 is 1.10 bits per heavy atom. The molecule has 0 spiro atoms. The fourth-order valence-corrected chi connectivity index (χ4v) is 2.84. The first-order valence-electron chi connectivity index (χ1n) is 6.09. The summed E-state index contributed by atoms with van der Waals surface area (Å²) in [6.07, 6.45) is 0. The molecule has 0 radical (unpaired) electrons. The second-order valence-electron chi connectivity index (χ2n) is 4.56. The molecule has 6 nitrogen and oxygen atoms in total. The van der Waals surface area contributed by atoms with Gasteiger partial charge in [0.2, 0.25) is 0 Å². The van der Waals surface area contributed by atoms with Crippen molar-refractivity contribution in [1.82, 2.24) is 19.1 Å². The minimum Gasteiger partial charge on any atom is -0.300 e. The lowest BCUT2D eigenvalue weighted by molar-refractivity contribution is 0.665. The molecule has 0 unspecified atom stereocenters. The Labute approximate surface area is 120 Å². The summed E-state index contributed by atoms with van der Waals surface area (Å²) < 4.78 is 2.57. The zero-order valence-corrected chi connectivity index (χ0v) is 12.7. The average molecular weight is 292 g/mol. The van der Waals surface area contributed by atoms with E-state index in [1.165, 1.54) is 29.4 Å². The Kier molecular flexibility index (Phi) is 4.08. The lowest BCUT2D eigenvalue weighted by Gasteiger charge is -2.09. The molecule has 0 aliphatic heterocycles. The number of nitrogens with zero attached hydrogens (tertiary/aromatic N) is 4. The van der Waals surface area contributed by atoms with Crippen LogP contribution in [0.3, 0.4) is 0 Å². The molecule has 0 saturated heterocycles. The van der Waals surface area contributed by atoms with Crippen molar-refractivity contribution in [3.05, 3.63) is 50.2 Å². The van der Waals surface area contributed by atoms with Crippen molar-refractivity contribution in [2.45, 2.75) is 24.6 Å². The van der Waals surface area contributed by atoms with Gasteiger partial charge in [0.15, 0.2) is 0 Å². The van der Waals surface area contributed by atoms with E-state index in [0.29, 0.717) is 17.3 Å². The van der Waals surface area contributed by atoms with Crippen LogP contribution in [0, 0.1) is 13.8 Å². The third kappa shape index (κ3) is 2.98. The van der Waals surface area contributed by atoms with Gasteiger partial charge in [0.05, 0.1) is 0 Å². The van der Waals surface area contributed by atoms with Crippen molar-refractivity contribution in [1.29, 1.82) is 0 Å². The molecule has 0 N–H and O–H groups in total. The Bertz CT molecular complexity index is 744. The normalized spacial score (nSPS) is 10.8. The van der Waals surface area contributed by atoms with E-state index in [4.69, 9.17) is 0 Å². The first-order valence-corrected chi connectivity index (χ1v) is 7.08. The van der Waals surface area contributed by atoms with Crippen LogP contribution in [0.15, 0.2) is 26.7 Å². The molecule has 2 aromatic heterocycles. The van der Waals surface area contributed by atoms with Crippen molar-refractivity contribution in [2.75, 3.05) is 0 Å². The fraction of sp³-hybridized carbons (Fsp3) is 0.385. The molecule has 0 atom stereocenters. The quantitative estimate of drug-likeness (QED) is 0.618.